The molecule has 0 saturated heterocycles. The first-order valence-electron chi connectivity index (χ1n) is 1.48. The molecule has 4 nitrogen and oxygen atoms in total. The van der Waals surface area contributed by atoms with E-state index in [0.717, 1.165) is 0 Å². The highest BCUT2D eigenvalue weighted by molar-refractivity contribution is 8.32. The second kappa shape index (κ2) is 2.93. The van der Waals surface area contributed by atoms with E-state index in [4.69, 9.17) is 5.41 Å². The fraction of sp³-hybridized carbons (Fsp3) is 0. The summed E-state index contributed by atoms with van der Waals surface area (Å²) in [5, 5.41) is 6.18. The molecule has 0 spiro atoms. The van der Waals surface area contributed by atoms with E-state index >= 15 is 0 Å². The molecule has 1 N–H and O–H groups in total. The Kier molecular flexibility index (Phi) is 2.85. The molecule has 0 aliphatic rings. The Labute approximate surface area is 51.9 Å². The van der Waals surface area contributed by atoms with Gasteiger partial charge in [-0.3, -0.25) is 5.41 Å². The molecule has 0 aromatic heterocycles. The normalized spacial score (nSPS) is 10.1. The lowest BCUT2D eigenvalue weighted by Crippen LogP contribution is -2.05. The second-order valence-corrected chi connectivity index (χ2v) is 3.26. The summed E-state index contributed by atoms with van der Waals surface area (Å²) >= 11 is 0. The highest BCUT2D eigenvalue weighted by Crippen LogP contribution is 1.90. The number of nitrogens with one attached hydrogen (secondary N) is 1. The van der Waals surface area contributed by atoms with E-state index in [-0.39, 0.29) is 0 Å². The van der Waals surface area contributed by atoms with Crippen molar-refractivity contribution in [1.29, 1.82) is 5.41 Å². The summed E-state index contributed by atoms with van der Waals surface area (Å²) in [4.78, 5) is 0. The van der Waals surface area contributed by atoms with E-state index in [2.05, 4.69) is 15.3 Å². The Morgan fingerprint density at radius 3 is 2.38 bits per heavy atom. The Morgan fingerprint density at radius 2 is 2.25 bits per heavy atom. The van der Waals surface area contributed by atoms with Gasteiger partial charge in [-0.1, -0.05) is 0 Å². The van der Waals surface area contributed by atoms with Gasteiger partial charge in [-0.25, -0.2) is 8.42 Å². The monoisotopic (exact) mass is 154 g/mol. The van der Waals surface area contributed by atoms with Crippen molar-refractivity contribution in [3.63, 3.8) is 0 Å². The minimum atomic E-state index is -3.71. The molecule has 0 aromatic rings. The van der Waals surface area contributed by atoms with Crippen molar-refractivity contribution in [3.05, 3.63) is 0 Å². The SMILES string of the molecule is N=CO[B]S(=O)(=O)Cl. The first kappa shape index (κ1) is 7.77. The van der Waals surface area contributed by atoms with Crippen LogP contribution in [0.5, 0.6) is 0 Å². The molecule has 0 fully saturated rings. The minimum absolute atomic E-state index is 0.363. The third kappa shape index (κ3) is 5.77. The fourth-order valence-electron chi connectivity index (χ4n) is 0.0941. The van der Waals surface area contributed by atoms with Gasteiger partial charge in [0, 0.05) is 10.7 Å². The van der Waals surface area contributed by atoms with Crippen LogP contribution in [-0.4, -0.2) is 21.6 Å². The molecular formula is CH2BClNO3S. The first-order chi connectivity index (χ1) is 3.56. The average molecular weight is 154 g/mol. The second-order valence-electron chi connectivity index (χ2n) is 0.826. The van der Waals surface area contributed by atoms with Gasteiger partial charge in [-0.05, 0) is 0 Å². The number of halogens is 1. The smallest absolute Gasteiger partial charge is 0.540 e. The van der Waals surface area contributed by atoms with E-state index in [1.54, 1.807) is 0 Å². The van der Waals surface area contributed by atoms with Crippen LogP contribution in [0.1, 0.15) is 0 Å². The zero-order valence-electron chi connectivity index (χ0n) is 3.67. The maximum atomic E-state index is 9.87. The van der Waals surface area contributed by atoms with Gasteiger partial charge in [-0.15, -0.1) is 0 Å². The number of hydrogen-bond acceptors (Lipinski definition) is 4. The molecule has 7 heteroatoms. The zero-order valence-corrected chi connectivity index (χ0v) is 5.24. The highest BCUT2D eigenvalue weighted by atomic mass is 35.7. The summed E-state index contributed by atoms with van der Waals surface area (Å²) in [6.45, 7) is 0.363. The third-order valence-corrected chi connectivity index (χ3v) is 0.798. The molecule has 0 aromatic carbocycles. The van der Waals surface area contributed by atoms with Crippen molar-refractivity contribution in [2.75, 3.05) is 0 Å². The third-order valence-electron chi connectivity index (χ3n) is 0.239. The van der Waals surface area contributed by atoms with Crippen LogP contribution in [-0.2, 0) is 13.6 Å². The minimum Gasteiger partial charge on any atom is -0.540 e. The summed E-state index contributed by atoms with van der Waals surface area (Å²) in [5.41, 5.74) is 0. The van der Waals surface area contributed by atoms with Crippen LogP contribution < -0.4 is 0 Å². The molecule has 8 heavy (non-hydrogen) atoms. The molecule has 0 heterocycles. The quantitative estimate of drug-likeness (QED) is 0.263. The van der Waals surface area contributed by atoms with Crippen molar-refractivity contribution in [2.24, 2.45) is 0 Å². The zero-order chi connectivity index (χ0) is 6.62. The fourth-order valence-corrected chi connectivity index (χ4v) is 0.408. The maximum Gasteiger partial charge on any atom is 0.551 e. The maximum absolute atomic E-state index is 9.87. The standard InChI is InChI=1S/CH2BClNO3S/c3-8(5,6)2-7-1-4/h1,4H. The predicted octanol–water partition coefficient (Wildman–Crippen LogP) is -0.287. The van der Waals surface area contributed by atoms with Crippen LogP contribution in [0.2, 0.25) is 0 Å². The Balaban J connectivity index is 3.57. The summed E-state index contributed by atoms with van der Waals surface area (Å²) in [6, 6.07) is 0. The highest BCUT2D eigenvalue weighted by Gasteiger charge is 2.10. The van der Waals surface area contributed by atoms with Gasteiger partial charge < -0.3 is 4.65 Å². The van der Waals surface area contributed by atoms with Crippen LogP contribution in [0.4, 0.5) is 0 Å². The molecule has 0 saturated carbocycles. The molecule has 0 bridgehead atoms. The molecule has 0 rings (SSSR count). The summed E-state index contributed by atoms with van der Waals surface area (Å²) in [7, 11) is 0.888. The van der Waals surface area contributed by atoms with Gasteiger partial charge in [0.1, 0.15) is 6.40 Å². The average Bonchev–Trinajstić information content (AvgIpc) is 1.59. The van der Waals surface area contributed by atoms with E-state index in [1.165, 1.54) is 0 Å². The molecule has 0 unspecified atom stereocenters. The summed E-state index contributed by atoms with van der Waals surface area (Å²) in [6.07, 6.45) is 0.458. The molecule has 0 amide bonds. The lowest BCUT2D eigenvalue weighted by Gasteiger charge is -1.86. The van der Waals surface area contributed by atoms with Gasteiger partial charge in [-0.2, -0.15) is 0 Å². The van der Waals surface area contributed by atoms with Crippen molar-refractivity contribution < 1.29 is 13.1 Å². The largest absolute Gasteiger partial charge is 0.551 e. The van der Waals surface area contributed by atoms with Crippen molar-refractivity contribution >= 4 is 32.7 Å². The molecule has 0 aliphatic carbocycles. The predicted molar refractivity (Wildman–Crippen MR) is 30.4 cm³/mol. The van der Waals surface area contributed by atoms with Gasteiger partial charge >= 0.3 is 6.76 Å². The van der Waals surface area contributed by atoms with Crippen LogP contribution in [0.25, 0.3) is 0 Å². The molecule has 1 radical (unpaired) electrons. The topological polar surface area (TPSA) is 67.2 Å². The Bertz CT molecular complexity index is 164. The van der Waals surface area contributed by atoms with Gasteiger partial charge in [0.15, 0.2) is 0 Å². The first-order valence-corrected chi connectivity index (χ1v) is 3.86. The molecule has 45 valence electrons. The van der Waals surface area contributed by atoms with Crippen LogP contribution in [0, 0.1) is 5.41 Å². The van der Waals surface area contributed by atoms with Crippen LogP contribution in [0.15, 0.2) is 0 Å². The van der Waals surface area contributed by atoms with E-state index in [1.807, 2.05) is 0 Å². The van der Waals surface area contributed by atoms with Crippen molar-refractivity contribution in [3.8, 4) is 0 Å². The van der Waals surface area contributed by atoms with Crippen molar-refractivity contribution in [1.82, 2.24) is 0 Å². The van der Waals surface area contributed by atoms with Gasteiger partial charge in [0.25, 0.3) is 0 Å². The molecular weight excluding hydrogens is 152 g/mol. The van der Waals surface area contributed by atoms with E-state index < -0.39 is 8.90 Å². The Morgan fingerprint density at radius 1 is 1.75 bits per heavy atom. The Hall–Kier alpha value is -0.225. The van der Waals surface area contributed by atoms with E-state index in [0.29, 0.717) is 13.2 Å². The van der Waals surface area contributed by atoms with Crippen molar-refractivity contribution in [2.45, 2.75) is 0 Å². The summed E-state index contributed by atoms with van der Waals surface area (Å²) in [5.74, 6) is 0. The molecule has 0 aliphatic heterocycles. The van der Waals surface area contributed by atoms with E-state index in [9.17, 15) is 8.42 Å². The molecule has 0 atom stereocenters. The van der Waals surface area contributed by atoms with Crippen LogP contribution >= 0.6 is 10.7 Å². The van der Waals surface area contributed by atoms with Gasteiger partial charge in [0.2, 0.25) is 8.90 Å². The number of rotatable bonds is 3. The van der Waals surface area contributed by atoms with Gasteiger partial charge in [0.05, 0.1) is 0 Å². The van der Waals surface area contributed by atoms with Crippen LogP contribution in [0.3, 0.4) is 0 Å². The lowest BCUT2D eigenvalue weighted by atomic mass is 10.6. The lowest BCUT2D eigenvalue weighted by molar-refractivity contribution is 0.596. The number of hydrogen-bond donors (Lipinski definition) is 1. The summed E-state index contributed by atoms with van der Waals surface area (Å²) < 4.78 is 23.6.